The molecule has 1 fully saturated rings. The number of hydrogen-bond acceptors (Lipinski definition) is 4. The van der Waals surface area contributed by atoms with Crippen LogP contribution in [0.2, 0.25) is 0 Å². The van der Waals surface area contributed by atoms with E-state index in [1.807, 2.05) is 0 Å². The van der Waals surface area contributed by atoms with Crippen LogP contribution in [0.3, 0.4) is 0 Å². The van der Waals surface area contributed by atoms with Crippen molar-refractivity contribution < 1.29 is 13.2 Å². The molecule has 21 heavy (non-hydrogen) atoms. The van der Waals surface area contributed by atoms with Crippen LogP contribution in [0.5, 0.6) is 0 Å². The van der Waals surface area contributed by atoms with Crippen LogP contribution in [0.15, 0.2) is 0 Å². The van der Waals surface area contributed by atoms with E-state index in [4.69, 9.17) is 4.74 Å². The summed E-state index contributed by atoms with van der Waals surface area (Å²) in [6, 6.07) is 0. The number of morpholine rings is 1. The van der Waals surface area contributed by atoms with Crippen molar-refractivity contribution in [3.05, 3.63) is 17.0 Å². The lowest BCUT2D eigenvalue weighted by molar-refractivity contribution is 0.0724. The lowest BCUT2D eigenvalue weighted by Gasteiger charge is -2.25. The van der Waals surface area contributed by atoms with Gasteiger partial charge < -0.3 is 4.74 Å². The molecule has 0 atom stereocenters. The van der Waals surface area contributed by atoms with Gasteiger partial charge in [-0.05, 0) is 31.2 Å². The van der Waals surface area contributed by atoms with E-state index in [-0.39, 0.29) is 6.54 Å². The van der Waals surface area contributed by atoms with Gasteiger partial charge in [-0.1, -0.05) is 6.42 Å². The second kappa shape index (κ2) is 6.43. The second-order valence-electron chi connectivity index (χ2n) is 5.53. The van der Waals surface area contributed by atoms with Crippen molar-refractivity contribution in [1.29, 1.82) is 0 Å². The van der Waals surface area contributed by atoms with E-state index in [0.29, 0.717) is 26.3 Å². The van der Waals surface area contributed by atoms with Crippen molar-refractivity contribution >= 4 is 10.2 Å². The summed E-state index contributed by atoms with van der Waals surface area (Å²) in [7, 11) is -3.45. The maximum atomic E-state index is 12.2. The van der Waals surface area contributed by atoms with E-state index in [9.17, 15) is 8.42 Å². The van der Waals surface area contributed by atoms with Crippen LogP contribution in [0, 0.1) is 0 Å². The molecule has 2 heterocycles. The fraction of sp³-hybridized carbons (Fsp3) is 0.769. The molecule has 3 rings (SSSR count). The summed E-state index contributed by atoms with van der Waals surface area (Å²) in [6.07, 6.45) is 5.55. The zero-order chi connectivity index (χ0) is 14.7. The van der Waals surface area contributed by atoms with Crippen molar-refractivity contribution in [2.75, 3.05) is 26.3 Å². The highest BCUT2D eigenvalue weighted by Crippen LogP contribution is 2.21. The first-order valence-corrected chi connectivity index (χ1v) is 8.98. The Hall–Kier alpha value is -0.960. The molecule has 118 valence electrons. The van der Waals surface area contributed by atoms with Crippen LogP contribution < -0.4 is 4.72 Å². The Morgan fingerprint density at radius 3 is 2.76 bits per heavy atom. The van der Waals surface area contributed by atoms with E-state index in [2.05, 4.69) is 14.9 Å². The Morgan fingerprint density at radius 1 is 1.19 bits per heavy atom. The molecule has 1 aliphatic heterocycles. The normalized spacial score (nSPS) is 21.0. The number of aryl methyl sites for hydroxylation is 1. The molecule has 1 aromatic heterocycles. The second-order valence-corrected chi connectivity index (χ2v) is 7.28. The quantitative estimate of drug-likeness (QED) is 0.785. The Morgan fingerprint density at radius 2 is 1.95 bits per heavy atom. The zero-order valence-electron chi connectivity index (χ0n) is 12.1. The molecule has 0 radical (unpaired) electrons. The number of ether oxygens (including phenoxy) is 1. The third kappa shape index (κ3) is 3.45. The molecule has 0 aromatic carbocycles. The molecular formula is C13H22N4O3S. The number of hydrogen-bond donors (Lipinski definition) is 2. The van der Waals surface area contributed by atoms with Gasteiger partial charge in [0.25, 0.3) is 10.2 Å². The fourth-order valence-corrected chi connectivity index (χ4v) is 4.04. The minimum atomic E-state index is -3.45. The average Bonchev–Trinajstić information content (AvgIpc) is 2.73. The predicted molar refractivity (Wildman–Crippen MR) is 78.0 cm³/mol. The number of fused-ring (bicyclic) bond motifs is 1. The summed E-state index contributed by atoms with van der Waals surface area (Å²) in [5.41, 5.74) is 3.22. The first-order chi connectivity index (χ1) is 10.2. The van der Waals surface area contributed by atoms with Gasteiger partial charge in [0, 0.05) is 18.8 Å². The van der Waals surface area contributed by atoms with Gasteiger partial charge in [0.05, 0.1) is 25.5 Å². The van der Waals surface area contributed by atoms with Crippen LogP contribution in [0.1, 0.15) is 36.2 Å². The molecular weight excluding hydrogens is 292 g/mol. The van der Waals surface area contributed by atoms with Crippen molar-refractivity contribution in [3.63, 3.8) is 0 Å². The van der Waals surface area contributed by atoms with Crippen LogP contribution in [0.25, 0.3) is 0 Å². The zero-order valence-corrected chi connectivity index (χ0v) is 12.9. The monoisotopic (exact) mass is 314 g/mol. The van der Waals surface area contributed by atoms with E-state index in [1.165, 1.54) is 28.4 Å². The first kappa shape index (κ1) is 15.0. The molecule has 0 saturated carbocycles. The molecule has 2 N–H and O–H groups in total. The molecule has 0 spiro atoms. The number of H-pyrrole nitrogens is 1. The number of rotatable bonds is 4. The predicted octanol–water partition coefficient (Wildman–Crippen LogP) is 0.345. The molecule has 7 nitrogen and oxygen atoms in total. The topological polar surface area (TPSA) is 87.3 Å². The van der Waals surface area contributed by atoms with Gasteiger partial charge in [-0.2, -0.15) is 22.5 Å². The summed E-state index contributed by atoms with van der Waals surface area (Å²) in [4.78, 5) is 0. The van der Waals surface area contributed by atoms with Gasteiger partial charge in [-0.25, -0.2) is 0 Å². The maximum Gasteiger partial charge on any atom is 0.279 e. The number of nitrogens with one attached hydrogen (secondary N) is 2. The third-order valence-corrected chi connectivity index (χ3v) is 5.68. The van der Waals surface area contributed by atoms with E-state index in [0.717, 1.165) is 25.0 Å². The first-order valence-electron chi connectivity index (χ1n) is 7.54. The summed E-state index contributed by atoms with van der Waals surface area (Å²) in [5, 5.41) is 7.36. The van der Waals surface area contributed by atoms with Crippen molar-refractivity contribution in [1.82, 2.24) is 19.2 Å². The Bertz CT molecular complexity index is 578. The summed E-state index contributed by atoms with van der Waals surface area (Å²) in [5.74, 6) is 0. The summed E-state index contributed by atoms with van der Waals surface area (Å²) >= 11 is 0. The highest BCUT2D eigenvalue weighted by molar-refractivity contribution is 7.87. The highest BCUT2D eigenvalue weighted by atomic mass is 32.2. The minimum absolute atomic E-state index is 0.255. The lowest BCUT2D eigenvalue weighted by atomic mass is 10.1. The Balaban J connectivity index is 1.66. The molecule has 8 heteroatoms. The van der Waals surface area contributed by atoms with Crippen molar-refractivity contribution in [3.8, 4) is 0 Å². The molecule has 2 aliphatic rings. The smallest absolute Gasteiger partial charge is 0.279 e. The van der Waals surface area contributed by atoms with E-state index in [1.54, 1.807) is 0 Å². The maximum absolute atomic E-state index is 12.2. The lowest BCUT2D eigenvalue weighted by Crippen LogP contribution is -2.46. The number of aromatic nitrogens is 2. The highest BCUT2D eigenvalue weighted by Gasteiger charge is 2.25. The molecule has 1 aromatic rings. The van der Waals surface area contributed by atoms with Crippen LogP contribution >= 0.6 is 0 Å². The van der Waals surface area contributed by atoms with E-state index >= 15 is 0 Å². The summed E-state index contributed by atoms with van der Waals surface area (Å²) in [6.45, 7) is 1.99. The van der Waals surface area contributed by atoms with Gasteiger partial charge in [0.2, 0.25) is 0 Å². The van der Waals surface area contributed by atoms with Gasteiger partial charge in [-0.15, -0.1) is 0 Å². The van der Waals surface area contributed by atoms with Crippen molar-refractivity contribution in [2.45, 2.75) is 38.6 Å². The largest absolute Gasteiger partial charge is 0.379 e. The average molecular weight is 314 g/mol. The number of aromatic amines is 1. The van der Waals surface area contributed by atoms with Gasteiger partial charge in [0.15, 0.2) is 0 Å². The molecule has 0 unspecified atom stereocenters. The van der Waals surface area contributed by atoms with Gasteiger partial charge in [0.1, 0.15) is 0 Å². The summed E-state index contributed by atoms with van der Waals surface area (Å²) < 4.78 is 33.8. The van der Waals surface area contributed by atoms with Crippen LogP contribution in [-0.2, 0) is 34.3 Å². The van der Waals surface area contributed by atoms with Crippen molar-refractivity contribution in [2.24, 2.45) is 0 Å². The van der Waals surface area contributed by atoms with Gasteiger partial charge in [-0.3, -0.25) is 5.10 Å². The standard InChI is InChI=1S/C13H22N4O3S/c18-21(19,17-6-8-20-9-7-17)14-10-13-11-4-2-1-3-5-12(11)15-16-13/h14H,1-10H2,(H,15,16). The third-order valence-electron chi connectivity index (χ3n) is 4.12. The Labute approximate surface area is 125 Å². The fourth-order valence-electron chi connectivity index (χ4n) is 2.91. The minimum Gasteiger partial charge on any atom is -0.379 e. The molecule has 0 bridgehead atoms. The SMILES string of the molecule is O=S(=O)(NCc1n[nH]c2c1CCCCC2)N1CCOCC1. The molecule has 1 aliphatic carbocycles. The van der Waals surface area contributed by atoms with E-state index < -0.39 is 10.2 Å². The number of nitrogens with zero attached hydrogens (tertiary/aromatic N) is 2. The van der Waals surface area contributed by atoms with Gasteiger partial charge >= 0.3 is 0 Å². The molecule has 1 saturated heterocycles. The molecule has 0 amide bonds. The Kier molecular flexibility index (Phi) is 4.58. The van der Waals surface area contributed by atoms with Crippen LogP contribution in [-0.4, -0.2) is 49.2 Å². The van der Waals surface area contributed by atoms with Crippen LogP contribution in [0.4, 0.5) is 0 Å².